The summed E-state index contributed by atoms with van der Waals surface area (Å²) >= 11 is 0. The maximum Gasteiger partial charge on any atom is 0.318 e. The summed E-state index contributed by atoms with van der Waals surface area (Å²) in [6.07, 6.45) is 0. The summed E-state index contributed by atoms with van der Waals surface area (Å²) in [4.78, 5) is 13.6. The molecule has 5 nitrogen and oxygen atoms in total. The van der Waals surface area contributed by atoms with Crippen LogP contribution >= 0.6 is 0 Å². The van der Waals surface area contributed by atoms with Crippen molar-refractivity contribution in [2.45, 2.75) is 11.6 Å². The Morgan fingerprint density at radius 1 is 1.40 bits per heavy atom. The number of likely N-dealkylation sites (tertiary alicyclic amines) is 1. The quantitative estimate of drug-likeness (QED) is 0.786. The van der Waals surface area contributed by atoms with E-state index in [-0.39, 0.29) is 12.1 Å². The van der Waals surface area contributed by atoms with Crippen molar-refractivity contribution in [3.05, 3.63) is 48.0 Å². The van der Waals surface area contributed by atoms with Gasteiger partial charge >= 0.3 is 6.03 Å². The van der Waals surface area contributed by atoms with Crippen LogP contribution in [0.5, 0.6) is 0 Å². The standard InChI is InChI=1S/C15H18N2O3/c1-11-7-20-8-13(11)16-14(18)17-9-15(19,10-17)12-5-3-2-4-6-12/h2-6,13,19H,1,7-10H2,(H,16,18). The van der Waals surface area contributed by atoms with Gasteiger partial charge in [0, 0.05) is 0 Å². The van der Waals surface area contributed by atoms with E-state index in [4.69, 9.17) is 4.74 Å². The Labute approximate surface area is 117 Å². The molecule has 1 aromatic rings. The number of urea groups is 1. The Morgan fingerprint density at radius 3 is 2.70 bits per heavy atom. The molecule has 0 spiro atoms. The Morgan fingerprint density at radius 2 is 2.10 bits per heavy atom. The number of aliphatic hydroxyl groups is 1. The lowest BCUT2D eigenvalue weighted by atomic mass is 9.86. The molecule has 1 atom stereocenters. The molecule has 20 heavy (non-hydrogen) atoms. The molecule has 0 aliphatic carbocycles. The van der Waals surface area contributed by atoms with E-state index in [2.05, 4.69) is 11.9 Å². The Balaban J connectivity index is 1.57. The predicted octanol–water partition coefficient (Wildman–Crippen LogP) is 0.854. The van der Waals surface area contributed by atoms with Crippen molar-refractivity contribution >= 4 is 6.03 Å². The lowest BCUT2D eigenvalue weighted by molar-refractivity contribution is -0.0818. The highest BCUT2D eigenvalue weighted by atomic mass is 16.5. The van der Waals surface area contributed by atoms with Gasteiger partial charge in [-0.05, 0) is 11.1 Å². The predicted molar refractivity (Wildman–Crippen MR) is 74.2 cm³/mol. The van der Waals surface area contributed by atoms with Crippen molar-refractivity contribution in [3.8, 4) is 0 Å². The van der Waals surface area contributed by atoms with E-state index in [1.54, 1.807) is 4.90 Å². The highest BCUT2D eigenvalue weighted by Crippen LogP contribution is 2.31. The number of amides is 2. The highest BCUT2D eigenvalue weighted by Gasteiger charge is 2.45. The molecule has 0 radical (unpaired) electrons. The van der Waals surface area contributed by atoms with Gasteiger partial charge in [-0.1, -0.05) is 36.9 Å². The van der Waals surface area contributed by atoms with Crippen LogP contribution in [0.15, 0.2) is 42.5 Å². The number of nitrogens with one attached hydrogen (secondary N) is 1. The molecule has 5 heteroatoms. The molecule has 2 fully saturated rings. The molecule has 3 rings (SSSR count). The summed E-state index contributed by atoms with van der Waals surface area (Å²) in [6, 6.07) is 9.13. The number of hydrogen-bond acceptors (Lipinski definition) is 3. The maximum atomic E-state index is 12.1. The molecule has 0 aromatic heterocycles. The average molecular weight is 274 g/mol. The van der Waals surface area contributed by atoms with Crippen LogP contribution in [0, 0.1) is 0 Å². The van der Waals surface area contributed by atoms with Gasteiger partial charge in [0.05, 0.1) is 32.3 Å². The Bertz CT molecular complexity index is 523. The molecule has 0 saturated carbocycles. The smallest absolute Gasteiger partial charge is 0.318 e. The number of β-amino-alcohol motifs (C(OH)–C–C–N with tert-alkyl or cyclic N) is 1. The van der Waals surface area contributed by atoms with Crippen molar-refractivity contribution < 1.29 is 14.6 Å². The maximum absolute atomic E-state index is 12.1. The first kappa shape index (κ1) is 13.1. The number of rotatable bonds is 2. The molecule has 1 unspecified atom stereocenters. The van der Waals surface area contributed by atoms with Gasteiger partial charge in [0.2, 0.25) is 0 Å². The number of ether oxygens (including phenoxy) is 1. The van der Waals surface area contributed by atoms with Crippen LogP contribution in [0.4, 0.5) is 4.79 Å². The van der Waals surface area contributed by atoms with E-state index in [0.717, 1.165) is 11.1 Å². The lowest BCUT2D eigenvalue weighted by Gasteiger charge is -2.46. The molecule has 2 heterocycles. The van der Waals surface area contributed by atoms with E-state index < -0.39 is 5.60 Å². The van der Waals surface area contributed by atoms with Crippen LogP contribution < -0.4 is 5.32 Å². The minimum Gasteiger partial charge on any atom is -0.381 e. The van der Waals surface area contributed by atoms with E-state index in [1.165, 1.54) is 0 Å². The second-order valence-corrected chi connectivity index (χ2v) is 5.43. The zero-order valence-corrected chi connectivity index (χ0v) is 11.2. The van der Waals surface area contributed by atoms with E-state index in [9.17, 15) is 9.90 Å². The fourth-order valence-electron chi connectivity index (χ4n) is 2.57. The van der Waals surface area contributed by atoms with Gasteiger partial charge in [-0.2, -0.15) is 0 Å². The first-order valence-corrected chi connectivity index (χ1v) is 6.67. The molecule has 1 aromatic carbocycles. The van der Waals surface area contributed by atoms with Crippen molar-refractivity contribution in [1.82, 2.24) is 10.2 Å². The van der Waals surface area contributed by atoms with Crippen molar-refractivity contribution in [2.24, 2.45) is 0 Å². The summed E-state index contributed by atoms with van der Waals surface area (Å²) in [7, 11) is 0. The molecular weight excluding hydrogens is 256 g/mol. The third-order valence-electron chi connectivity index (χ3n) is 3.87. The Hall–Kier alpha value is -1.85. The molecule has 2 aliphatic rings. The molecule has 0 bridgehead atoms. The van der Waals surface area contributed by atoms with E-state index in [1.807, 2.05) is 30.3 Å². The molecule has 2 aliphatic heterocycles. The summed E-state index contributed by atoms with van der Waals surface area (Å²) in [5.41, 5.74) is 0.803. The monoisotopic (exact) mass is 274 g/mol. The number of carbonyl (C=O) groups is 1. The van der Waals surface area contributed by atoms with E-state index >= 15 is 0 Å². The second kappa shape index (κ2) is 4.92. The lowest BCUT2D eigenvalue weighted by Crippen LogP contribution is -2.64. The number of nitrogens with zero attached hydrogens (tertiary/aromatic N) is 1. The largest absolute Gasteiger partial charge is 0.381 e. The van der Waals surface area contributed by atoms with Crippen molar-refractivity contribution in [3.63, 3.8) is 0 Å². The third kappa shape index (κ3) is 2.30. The van der Waals surface area contributed by atoms with Gasteiger partial charge < -0.3 is 20.1 Å². The zero-order valence-electron chi connectivity index (χ0n) is 11.2. The minimum atomic E-state index is -0.929. The first-order chi connectivity index (χ1) is 9.58. The number of carbonyl (C=O) groups excluding carboxylic acids is 1. The minimum absolute atomic E-state index is 0.118. The number of benzene rings is 1. The summed E-state index contributed by atoms with van der Waals surface area (Å²) < 4.78 is 5.23. The normalized spacial score (nSPS) is 24.4. The SMILES string of the molecule is C=C1COCC1NC(=O)N1CC(O)(c2ccccc2)C1. The van der Waals surface area contributed by atoms with Gasteiger partial charge in [-0.3, -0.25) is 0 Å². The fourth-order valence-corrected chi connectivity index (χ4v) is 2.57. The highest BCUT2D eigenvalue weighted by molar-refractivity contribution is 5.76. The van der Waals surface area contributed by atoms with Crippen LogP contribution in [-0.2, 0) is 10.3 Å². The molecule has 106 valence electrons. The summed E-state index contributed by atoms with van der Waals surface area (Å²) in [5, 5.41) is 13.3. The van der Waals surface area contributed by atoms with Gasteiger partial charge in [-0.25, -0.2) is 4.79 Å². The van der Waals surface area contributed by atoms with Crippen LogP contribution in [0.1, 0.15) is 5.56 Å². The van der Waals surface area contributed by atoms with Crippen LogP contribution in [-0.4, -0.2) is 48.4 Å². The molecule has 2 amide bonds. The van der Waals surface area contributed by atoms with Gasteiger partial charge in [0.25, 0.3) is 0 Å². The van der Waals surface area contributed by atoms with Crippen molar-refractivity contribution in [1.29, 1.82) is 0 Å². The molecule has 2 saturated heterocycles. The van der Waals surface area contributed by atoms with Crippen LogP contribution in [0.3, 0.4) is 0 Å². The first-order valence-electron chi connectivity index (χ1n) is 6.67. The van der Waals surface area contributed by atoms with Crippen LogP contribution in [0.25, 0.3) is 0 Å². The third-order valence-corrected chi connectivity index (χ3v) is 3.87. The van der Waals surface area contributed by atoms with Gasteiger partial charge in [-0.15, -0.1) is 0 Å². The van der Waals surface area contributed by atoms with Crippen LogP contribution in [0.2, 0.25) is 0 Å². The fraction of sp³-hybridized carbons (Fsp3) is 0.400. The van der Waals surface area contributed by atoms with E-state index in [0.29, 0.717) is 26.3 Å². The van der Waals surface area contributed by atoms with Gasteiger partial charge in [0.1, 0.15) is 5.60 Å². The van der Waals surface area contributed by atoms with Gasteiger partial charge in [0.15, 0.2) is 0 Å². The topological polar surface area (TPSA) is 61.8 Å². The second-order valence-electron chi connectivity index (χ2n) is 5.43. The average Bonchev–Trinajstić information content (AvgIpc) is 2.81. The number of hydrogen-bond donors (Lipinski definition) is 2. The molecular formula is C15H18N2O3. The summed E-state index contributed by atoms with van der Waals surface area (Å²) in [6.45, 7) is 5.45. The zero-order chi connectivity index (χ0) is 14.2. The Kier molecular flexibility index (Phi) is 3.23. The summed E-state index contributed by atoms with van der Waals surface area (Å²) in [5.74, 6) is 0. The van der Waals surface area contributed by atoms with Crippen molar-refractivity contribution in [2.75, 3.05) is 26.3 Å². The molecule has 2 N–H and O–H groups in total.